The highest BCUT2D eigenvalue weighted by atomic mass is 32.1. The Morgan fingerprint density at radius 2 is 2.21 bits per heavy atom. The van der Waals surface area contributed by atoms with E-state index < -0.39 is 5.97 Å². The summed E-state index contributed by atoms with van der Waals surface area (Å²) in [5, 5.41) is 0. The van der Waals surface area contributed by atoms with Crippen LogP contribution in [0, 0.1) is 6.92 Å². The minimum absolute atomic E-state index is 0.188. The van der Waals surface area contributed by atoms with Gasteiger partial charge in [-0.05, 0) is 32.1 Å². The van der Waals surface area contributed by atoms with E-state index in [1.807, 2.05) is 25.1 Å². The van der Waals surface area contributed by atoms with Crippen LogP contribution in [0.1, 0.15) is 16.7 Å². The zero-order valence-electron chi connectivity index (χ0n) is 10.6. The third-order valence-electron chi connectivity index (χ3n) is 2.25. The molecule has 0 saturated carbocycles. The maximum atomic E-state index is 11.7. The van der Waals surface area contributed by atoms with Gasteiger partial charge in [0.1, 0.15) is 4.66 Å². The fraction of sp³-hybridized carbons (Fsp3) is 0.231. The van der Waals surface area contributed by atoms with E-state index in [1.165, 1.54) is 22.3 Å². The fourth-order valence-corrected chi connectivity index (χ4v) is 3.24. The predicted octanol–water partition coefficient (Wildman–Crippen LogP) is 0.979. The van der Waals surface area contributed by atoms with Crippen LogP contribution in [-0.2, 0) is 9.53 Å². The summed E-state index contributed by atoms with van der Waals surface area (Å²) in [5.74, 6) is -0.446. The molecular weight excluding hydrogens is 282 g/mol. The van der Waals surface area contributed by atoms with Gasteiger partial charge in [0.25, 0.3) is 5.56 Å². The molecule has 1 N–H and O–H groups in total. The lowest BCUT2D eigenvalue weighted by molar-refractivity contribution is -0.135. The van der Waals surface area contributed by atoms with Crippen molar-refractivity contribution >= 4 is 40.8 Å². The van der Waals surface area contributed by atoms with Gasteiger partial charge in [0, 0.05) is 9.75 Å². The molecule has 19 heavy (non-hydrogen) atoms. The van der Waals surface area contributed by atoms with Crippen molar-refractivity contribution in [3.8, 4) is 0 Å². The minimum atomic E-state index is -0.446. The van der Waals surface area contributed by atoms with Crippen LogP contribution in [0.2, 0.25) is 0 Å². The lowest BCUT2D eigenvalue weighted by atomic mass is 10.4. The van der Waals surface area contributed by atoms with Gasteiger partial charge in [-0.15, -0.1) is 22.7 Å². The van der Waals surface area contributed by atoms with Gasteiger partial charge in [-0.3, -0.25) is 4.79 Å². The number of aryl methyl sites for hydroxylation is 1. The topological polar surface area (TPSA) is 59.2 Å². The summed E-state index contributed by atoms with van der Waals surface area (Å²) < 4.78 is 5.88. The van der Waals surface area contributed by atoms with Gasteiger partial charge >= 0.3 is 5.97 Å². The molecule has 2 rings (SSSR count). The van der Waals surface area contributed by atoms with Crippen molar-refractivity contribution in [2.24, 2.45) is 0 Å². The van der Waals surface area contributed by atoms with Crippen LogP contribution in [0.3, 0.4) is 0 Å². The molecule has 0 aliphatic heterocycles. The quantitative estimate of drug-likeness (QED) is 0.859. The molecule has 6 heteroatoms. The molecular formula is C13H13NO3S2. The second-order valence-electron chi connectivity index (χ2n) is 3.77. The molecule has 0 saturated heterocycles. The van der Waals surface area contributed by atoms with E-state index in [2.05, 4.69) is 4.98 Å². The zero-order chi connectivity index (χ0) is 13.8. The van der Waals surface area contributed by atoms with Gasteiger partial charge in [-0.25, -0.2) is 4.79 Å². The van der Waals surface area contributed by atoms with Crippen molar-refractivity contribution in [3.05, 3.63) is 41.4 Å². The second-order valence-corrected chi connectivity index (χ2v) is 6.18. The highest BCUT2D eigenvalue weighted by molar-refractivity contribution is 7.13. The standard InChI is InChI=1S/C13H13NO3S2/c1-3-17-12(15)7-11-14-13(16)10(19-11)6-9-5-4-8(2)18-9/h4-7H,3H2,1-2H3,(H,14,16)/b10-6-,11-7+. The van der Waals surface area contributed by atoms with E-state index in [9.17, 15) is 9.59 Å². The summed E-state index contributed by atoms with van der Waals surface area (Å²) in [6.45, 7) is 4.07. The first kappa shape index (κ1) is 13.8. The van der Waals surface area contributed by atoms with Gasteiger partial charge in [0.2, 0.25) is 0 Å². The number of nitrogens with one attached hydrogen (secondary N) is 1. The number of hydrogen-bond acceptors (Lipinski definition) is 5. The first-order chi connectivity index (χ1) is 9.08. The summed E-state index contributed by atoms with van der Waals surface area (Å²) >= 11 is 2.86. The maximum absolute atomic E-state index is 11.7. The van der Waals surface area contributed by atoms with Gasteiger partial charge < -0.3 is 9.72 Å². The van der Waals surface area contributed by atoms with Crippen LogP contribution in [-0.4, -0.2) is 17.6 Å². The predicted molar refractivity (Wildman–Crippen MR) is 77.9 cm³/mol. The van der Waals surface area contributed by atoms with Crippen molar-refractivity contribution < 1.29 is 9.53 Å². The molecule has 2 aromatic heterocycles. The van der Waals surface area contributed by atoms with E-state index in [0.717, 1.165) is 4.88 Å². The fourth-order valence-electron chi connectivity index (χ4n) is 1.48. The first-order valence-electron chi connectivity index (χ1n) is 5.74. The number of hydrogen-bond donors (Lipinski definition) is 1. The highest BCUT2D eigenvalue weighted by Crippen LogP contribution is 2.14. The first-order valence-corrected chi connectivity index (χ1v) is 7.37. The lowest BCUT2D eigenvalue weighted by Gasteiger charge is -1.92. The van der Waals surface area contributed by atoms with Crippen molar-refractivity contribution in [1.29, 1.82) is 0 Å². The molecule has 0 atom stereocenters. The Morgan fingerprint density at radius 1 is 1.42 bits per heavy atom. The number of thiazole rings is 1. The number of aromatic nitrogens is 1. The highest BCUT2D eigenvalue weighted by Gasteiger charge is 2.00. The van der Waals surface area contributed by atoms with Gasteiger partial charge in [0.05, 0.1) is 17.2 Å². The average Bonchev–Trinajstić information content (AvgIpc) is 2.87. The molecule has 2 aromatic rings. The van der Waals surface area contributed by atoms with Crippen LogP contribution >= 0.6 is 22.7 Å². The Balaban J connectivity index is 2.39. The van der Waals surface area contributed by atoms with Crippen molar-refractivity contribution in [3.63, 3.8) is 0 Å². The number of ether oxygens (including phenoxy) is 1. The number of rotatable bonds is 3. The number of esters is 1. The number of carbonyl (C=O) groups is 1. The molecule has 0 fully saturated rings. The number of aromatic amines is 1. The lowest BCUT2D eigenvalue weighted by Crippen LogP contribution is -2.19. The number of H-pyrrole nitrogens is 1. The summed E-state index contributed by atoms with van der Waals surface area (Å²) in [4.78, 5) is 27.9. The summed E-state index contributed by atoms with van der Waals surface area (Å²) in [6, 6.07) is 3.97. The molecule has 100 valence electrons. The summed E-state index contributed by atoms with van der Waals surface area (Å²) in [5.41, 5.74) is -0.188. The molecule has 0 amide bonds. The monoisotopic (exact) mass is 295 g/mol. The van der Waals surface area contributed by atoms with Crippen LogP contribution in [0.5, 0.6) is 0 Å². The van der Waals surface area contributed by atoms with Crippen molar-refractivity contribution in [2.45, 2.75) is 13.8 Å². The van der Waals surface area contributed by atoms with Crippen molar-refractivity contribution in [1.82, 2.24) is 4.98 Å². The van der Waals surface area contributed by atoms with Gasteiger partial charge in [-0.1, -0.05) is 0 Å². The second kappa shape index (κ2) is 5.99. The molecule has 0 radical (unpaired) electrons. The van der Waals surface area contributed by atoms with Gasteiger partial charge in [-0.2, -0.15) is 0 Å². The molecule has 0 bridgehead atoms. The summed E-state index contributed by atoms with van der Waals surface area (Å²) in [7, 11) is 0. The van der Waals surface area contributed by atoms with Crippen LogP contribution < -0.4 is 14.8 Å². The smallest absolute Gasteiger partial charge is 0.333 e. The Bertz CT molecular complexity index is 751. The normalized spacial score (nSPS) is 12.9. The average molecular weight is 295 g/mol. The van der Waals surface area contributed by atoms with Crippen molar-refractivity contribution in [2.75, 3.05) is 6.61 Å². The Hall–Kier alpha value is -1.66. The van der Waals surface area contributed by atoms with E-state index in [1.54, 1.807) is 18.3 Å². The Kier molecular flexibility index (Phi) is 4.34. The van der Waals surface area contributed by atoms with E-state index in [4.69, 9.17) is 4.74 Å². The van der Waals surface area contributed by atoms with Gasteiger partial charge in [0.15, 0.2) is 0 Å². The molecule has 2 heterocycles. The largest absolute Gasteiger partial charge is 0.463 e. The molecule has 0 aliphatic rings. The van der Waals surface area contributed by atoms with E-state index in [0.29, 0.717) is 15.8 Å². The number of carbonyl (C=O) groups excluding carboxylic acids is 1. The minimum Gasteiger partial charge on any atom is -0.463 e. The third-order valence-corrected chi connectivity index (χ3v) is 4.16. The van der Waals surface area contributed by atoms with Crippen LogP contribution in [0.4, 0.5) is 0 Å². The molecule has 0 unspecified atom stereocenters. The third kappa shape index (κ3) is 3.65. The van der Waals surface area contributed by atoms with E-state index in [-0.39, 0.29) is 5.56 Å². The van der Waals surface area contributed by atoms with Crippen LogP contribution in [0.25, 0.3) is 12.2 Å². The molecule has 4 nitrogen and oxygen atoms in total. The van der Waals surface area contributed by atoms with Crippen LogP contribution in [0.15, 0.2) is 16.9 Å². The van der Waals surface area contributed by atoms with E-state index >= 15 is 0 Å². The molecule has 0 spiro atoms. The SMILES string of the molecule is CCOC(=O)/C=c1\[nH]c(=O)/c(=C/c2ccc(C)s2)s1. The zero-order valence-corrected chi connectivity index (χ0v) is 12.2. The summed E-state index contributed by atoms with van der Waals surface area (Å²) in [6.07, 6.45) is 3.12. The maximum Gasteiger partial charge on any atom is 0.333 e. The Labute approximate surface area is 117 Å². The Morgan fingerprint density at radius 3 is 2.84 bits per heavy atom. The number of thiophene rings is 1. The molecule has 0 aliphatic carbocycles. The molecule has 0 aromatic carbocycles.